The monoisotopic (exact) mass is 699 g/mol. The molecular formula is C53H49N. The summed E-state index contributed by atoms with van der Waals surface area (Å²) >= 11 is 0. The van der Waals surface area contributed by atoms with Crippen LogP contribution in [0.25, 0.3) is 91.4 Å². The van der Waals surface area contributed by atoms with Gasteiger partial charge < -0.3 is 0 Å². The molecule has 1 heterocycles. The van der Waals surface area contributed by atoms with Crippen molar-refractivity contribution in [3.8, 4) is 44.6 Å². The Morgan fingerprint density at radius 1 is 0.556 bits per heavy atom. The molecule has 1 aromatic heterocycles. The Kier molecular flexibility index (Phi) is 12.7. The number of allylic oxidation sites excluding steroid dienone is 5. The second-order valence-electron chi connectivity index (χ2n) is 12.6. The average Bonchev–Trinajstić information content (AvgIpc) is 3.24. The summed E-state index contributed by atoms with van der Waals surface area (Å²) in [6, 6.07) is 34.0. The molecular weight excluding hydrogens is 651 g/mol. The van der Waals surface area contributed by atoms with Gasteiger partial charge >= 0.3 is 0 Å². The second kappa shape index (κ2) is 17.8. The number of aromatic nitrogens is 1. The SMILES string of the molecule is C=Cc1cccc(-c2ccc(-c3ccc(-c4c(C=C)c(C=C)c(-c5cccc(C(=C)/C(C)=C/C=C\C)c5C=C)c5ccccc45)cc3)cn2)c1C=C.CC. The van der Waals surface area contributed by atoms with Gasteiger partial charge in [0, 0.05) is 17.3 Å². The predicted octanol–water partition coefficient (Wildman–Crippen LogP) is 15.7. The van der Waals surface area contributed by atoms with Crippen LogP contribution in [0.5, 0.6) is 0 Å². The lowest BCUT2D eigenvalue weighted by Gasteiger charge is -2.22. The van der Waals surface area contributed by atoms with Crippen molar-refractivity contribution in [3.05, 3.63) is 200 Å². The summed E-state index contributed by atoms with van der Waals surface area (Å²) in [7, 11) is 0. The maximum absolute atomic E-state index is 4.85. The van der Waals surface area contributed by atoms with Crippen LogP contribution >= 0.6 is 0 Å². The van der Waals surface area contributed by atoms with E-state index in [1.54, 1.807) is 0 Å². The topological polar surface area (TPSA) is 12.9 Å². The van der Waals surface area contributed by atoms with Gasteiger partial charge in [-0.2, -0.15) is 0 Å². The molecule has 0 N–H and O–H groups in total. The number of fused-ring (bicyclic) bond motifs is 1. The van der Waals surface area contributed by atoms with E-state index in [2.05, 4.69) is 137 Å². The molecule has 0 saturated carbocycles. The first kappa shape index (κ1) is 38.7. The molecule has 5 aromatic carbocycles. The maximum Gasteiger partial charge on any atom is 0.0708 e. The van der Waals surface area contributed by atoms with Gasteiger partial charge in [0.15, 0.2) is 0 Å². The average molecular weight is 700 g/mol. The standard InChI is InChI=1S/C51H43N.C2H6/c1-9-15-20-34(7)35(8)44-24-19-26-46(41(44)12-4)51-43(14-6)42(13-5)50(47-22-16-17-23-48(47)51)38-29-27-37(28-30-38)39-31-32-49(52-33-39)45-25-18-21-36(10-2)40(45)11-3;1-2/h9-33H,2-6,8H2,1,7H3;1-2H3/b15-9-,34-20+;. The molecule has 6 aromatic rings. The number of nitrogens with zero attached hydrogens (tertiary/aromatic N) is 1. The van der Waals surface area contributed by atoms with Gasteiger partial charge in [0.25, 0.3) is 0 Å². The van der Waals surface area contributed by atoms with Crippen molar-refractivity contribution in [2.45, 2.75) is 27.7 Å². The van der Waals surface area contributed by atoms with Crippen LogP contribution in [0.3, 0.4) is 0 Å². The summed E-state index contributed by atoms with van der Waals surface area (Å²) in [5.41, 5.74) is 16.7. The fraction of sp³-hybridized carbons (Fsp3) is 0.0755. The molecule has 1 nitrogen and oxygen atoms in total. The lowest BCUT2D eigenvalue weighted by atomic mass is 9.81. The van der Waals surface area contributed by atoms with Gasteiger partial charge in [-0.25, -0.2) is 0 Å². The van der Waals surface area contributed by atoms with Crippen molar-refractivity contribution in [3.63, 3.8) is 0 Å². The zero-order valence-electron chi connectivity index (χ0n) is 32.1. The third-order valence-corrected chi connectivity index (χ3v) is 9.73. The number of benzene rings is 5. The fourth-order valence-corrected chi connectivity index (χ4v) is 7.09. The summed E-state index contributed by atoms with van der Waals surface area (Å²) in [5, 5.41) is 2.27. The van der Waals surface area contributed by atoms with Gasteiger partial charge in [0.05, 0.1) is 5.69 Å². The van der Waals surface area contributed by atoms with Gasteiger partial charge in [0.2, 0.25) is 0 Å². The van der Waals surface area contributed by atoms with E-state index in [0.29, 0.717) is 0 Å². The van der Waals surface area contributed by atoms with E-state index in [1.807, 2.05) is 81.6 Å². The molecule has 54 heavy (non-hydrogen) atoms. The molecule has 0 spiro atoms. The molecule has 0 aliphatic rings. The largest absolute Gasteiger partial charge is 0.256 e. The minimum Gasteiger partial charge on any atom is -0.256 e. The first-order chi connectivity index (χ1) is 26.4. The van der Waals surface area contributed by atoms with Crippen molar-refractivity contribution in [1.29, 1.82) is 0 Å². The highest BCUT2D eigenvalue weighted by molar-refractivity contribution is 6.13. The van der Waals surface area contributed by atoms with E-state index >= 15 is 0 Å². The van der Waals surface area contributed by atoms with Crippen molar-refractivity contribution in [2.75, 3.05) is 0 Å². The van der Waals surface area contributed by atoms with Gasteiger partial charge in [0.1, 0.15) is 0 Å². The van der Waals surface area contributed by atoms with Crippen LogP contribution in [0.15, 0.2) is 167 Å². The normalized spacial score (nSPS) is 11.1. The van der Waals surface area contributed by atoms with E-state index < -0.39 is 0 Å². The molecule has 0 radical (unpaired) electrons. The van der Waals surface area contributed by atoms with Crippen LogP contribution in [-0.4, -0.2) is 4.98 Å². The second-order valence-corrected chi connectivity index (χ2v) is 12.6. The number of rotatable bonds is 12. The Hall–Kier alpha value is -6.57. The molecule has 1 heteroatoms. The molecule has 0 amide bonds. The highest BCUT2D eigenvalue weighted by atomic mass is 14.7. The van der Waals surface area contributed by atoms with Crippen LogP contribution in [-0.2, 0) is 0 Å². The van der Waals surface area contributed by atoms with Crippen LogP contribution in [0.1, 0.15) is 61.1 Å². The quantitative estimate of drug-likeness (QED) is 0.116. The zero-order chi connectivity index (χ0) is 38.8. The van der Waals surface area contributed by atoms with Gasteiger partial charge in [-0.05, 0) is 103 Å². The van der Waals surface area contributed by atoms with Crippen molar-refractivity contribution in [1.82, 2.24) is 4.98 Å². The summed E-state index contributed by atoms with van der Waals surface area (Å²) in [5.74, 6) is 0. The van der Waals surface area contributed by atoms with Crippen molar-refractivity contribution in [2.24, 2.45) is 0 Å². The molecule has 6 rings (SSSR count). The lowest BCUT2D eigenvalue weighted by molar-refractivity contribution is 1.32. The van der Waals surface area contributed by atoms with Crippen LogP contribution in [0, 0.1) is 0 Å². The van der Waals surface area contributed by atoms with Gasteiger partial charge in [-0.1, -0.05) is 193 Å². The number of hydrogen-bond acceptors (Lipinski definition) is 1. The summed E-state index contributed by atoms with van der Waals surface area (Å²) in [6.45, 7) is 33.4. The first-order valence-electron chi connectivity index (χ1n) is 18.4. The van der Waals surface area contributed by atoms with Gasteiger partial charge in [-0.3, -0.25) is 4.98 Å². The third kappa shape index (κ3) is 7.35. The predicted molar refractivity (Wildman–Crippen MR) is 243 cm³/mol. The van der Waals surface area contributed by atoms with Crippen LogP contribution in [0.2, 0.25) is 0 Å². The van der Waals surface area contributed by atoms with Gasteiger partial charge in [-0.15, -0.1) is 0 Å². The Balaban J connectivity index is 0.00000276. The van der Waals surface area contributed by atoms with Crippen molar-refractivity contribution < 1.29 is 0 Å². The molecule has 0 saturated heterocycles. The smallest absolute Gasteiger partial charge is 0.0708 e. The zero-order valence-corrected chi connectivity index (χ0v) is 32.1. The first-order valence-corrected chi connectivity index (χ1v) is 18.4. The van der Waals surface area contributed by atoms with Crippen LogP contribution < -0.4 is 0 Å². The molecule has 0 fully saturated rings. The fourth-order valence-electron chi connectivity index (χ4n) is 7.09. The minimum absolute atomic E-state index is 0.896. The van der Waals surface area contributed by atoms with Crippen molar-refractivity contribution >= 4 is 46.7 Å². The van der Waals surface area contributed by atoms with Crippen LogP contribution in [0.4, 0.5) is 0 Å². The molecule has 0 aliphatic carbocycles. The molecule has 266 valence electrons. The van der Waals surface area contributed by atoms with E-state index in [1.165, 1.54) is 0 Å². The summed E-state index contributed by atoms with van der Waals surface area (Å²) < 4.78 is 0. The third-order valence-electron chi connectivity index (χ3n) is 9.73. The van der Waals surface area contributed by atoms with E-state index in [9.17, 15) is 0 Å². The number of hydrogen-bond donors (Lipinski definition) is 0. The highest BCUT2D eigenvalue weighted by Crippen LogP contribution is 2.45. The highest BCUT2D eigenvalue weighted by Gasteiger charge is 2.21. The summed E-state index contributed by atoms with van der Waals surface area (Å²) in [4.78, 5) is 4.85. The van der Waals surface area contributed by atoms with E-state index in [-0.39, 0.29) is 0 Å². The molecule has 0 atom stereocenters. The lowest BCUT2D eigenvalue weighted by Crippen LogP contribution is -1.99. The summed E-state index contributed by atoms with van der Waals surface area (Å²) in [6.07, 6.45) is 17.7. The van der Waals surface area contributed by atoms with E-state index in [0.717, 1.165) is 99.9 Å². The molecule has 0 bridgehead atoms. The Bertz CT molecular complexity index is 2440. The Labute approximate surface area is 322 Å². The number of pyridine rings is 1. The Morgan fingerprint density at radius 3 is 1.72 bits per heavy atom. The minimum atomic E-state index is 0.896. The Morgan fingerprint density at radius 2 is 1.13 bits per heavy atom. The van der Waals surface area contributed by atoms with E-state index in [4.69, 9.17) is 4.98 Å². The molecule has 0 aliphatic heterocycles. The molecule has 0 unspecified atom stereocenters. The maximum atomic E-state index is 4.85.